The van der Waals surface area contributed by atoms with Crippen LogP contribution < -0.4 is 15.2 Å². The molecule has 7 nitrogen and oxygen atoms in total. The summed E-state index contributed by atoms with van der Waals surface area (Å²) in [4.78, 5) is 11.8. The fraction of sp³-hybridized carbons (Fsp3) is 0.588. The maximum Gasteiger partial charge on any atom is 0.335 e. The third-order valence-electron chi connectivity index (χ3n) is 4.43. The van der Waals surface area contributed by atoms with Crippen LogP contribution >= 0.6 is 0 Å². The molecule has 3 N–H and O–H groups in total. The Labute approximate surface area is 148 Å². The third-order valence-corrected chi connectivity index (χ3v) is 4.43. The van der Waals surface area contributed by atoms with Gasteiger partial charge in [0.15, 0.2) is 6.10 Å². The quantitative estimate of drug-likeness (QED) is 0.546. The highest BCUT2D eigenvalue weighted by molar-refractivity contribution is 6.56. The van der Waals surface area contributed by atoms with Crippen LogP contribution in [0.4, 0.5) is 0 Å². The van der Waals surface area contributed by atoms with Gasteiger partial charge >= 0.3 is 12.9 Å². The Morgan fingerprint density at radius 1 is 1.32 bits per heavy atom. The zero-order valence-electron chi connectivity index (χ0n) is 15.1. The predicted octanol–water partition coefficient (Wildman–Crippen LogP) is 2.11. The molecule has 2 rings (SSSR count). The molecule has 0 saturated carbocycles. The van der Waals surface area contributed by atoms with E-state index in [0.717, 1.165) is 0 Å². The number of carboxylic acids is 1. The molecule has 138 valence electrons. The molecule has 0 spiro atoms. The Kier molecular flexibility index (Phi) is 6.69. The third kappa shape index (κ3) is 4.08. The smallest absolute Gasteiger partial charge is 0.335 e. The fourth-order valence-electron chi connectivity index (χ4n) is 3.49. The molecule has 0 amide bonds. The summed E-state index contributed by atoms with van der Waals surface area (Å²) in [5, 5.41) is 9.63. The van der Waals surface area contributed by atoms with Crippen molar-refractivity contribution >= 4 is 12.9 Å². The first-order valence-corrected chi connectivity index (χ1v) is 8.35. The fourth-order valence-corrected chi connectivity index (χ4v) is 3.49. The summed E-state index contributed by atoms with van der Waals surface area (Å²) in [6, 6.07) is 4.73. The summed E-state index contributed by atoms with van der Waals surface area (Å²) in [5.74, 6) is 0.0829. The van der Waals surface area contributed by atoms with Gasteiger partial charge in [-0.3, -0.25) is 0 Å². The van der Waals surface area contributed by atoms with Gasteiger partial charge in [0.2, 0.25) is 0 Å². The molecule has 1 saturated heterocycles. The van der Waals surface area contributed by atoms with Crippen LogP contribution in [-0.4, -0.2) is 45.0 Å². The van der Waals surface area contributed by atoms with Gasteiger partial charge in [-0.05, 0) is 24.5 Å². The first-order chi connectivity index (χ1) is 11.9. The maximum absolute atomic E-state index is 11.8. The lowest BCUT2D eigenvalue weighted by molar-refractivity contribution is -0.150. The number of hydrogen-bond donors (Lipinski definition) is 2. The summed E-state index contributed by atoms with van der Waals surface area (Å²) >= 11 is 0. The highest BCUT2D eigenvalue weighted by Crippen LogP contribution is 2.48. The van der Waals surface area contributed by atoms with E-state index in [2.05, 4.69) is 0 Å². The monoisotopic (exact) mass is 351 g/mol. The molecular formula is C17H26BNO6. The van der Waals surface area contributed by atoms with Crippen molar-refractivity contribution in [2.45, 2.75) is 38.2 Å². The lowest BCUT2D eigenvalue weighted by Crippen LogP contribution is -2.34. The number of rotatable bonds is 8. The zero-order chi connectivity index (χ0) is 18.6. The van der Waals surface area contributed by atoms with Crippen molar-refractivity contribution in [2.24, 2.45) is 11.7 Å². The van der Waals surface area contributed by atoms with Gasteiger partial charge in [-0.15, -0.1) is 0 Å². The standard InChI is InChI=1S/C17H26BNO6/c1-10(2)8-11-15(17(20)21)25-16(18(11)24-9-19)14-12(22-3)6-5-7-13(14)23-4/h5-7,10-11,15-16H,8-9,19H2,1-4H3,(H,20,21)/t11?,15-,16?/m1/s1. The highest BCUT2D eigenvalue weighted by Gasteiger charge is 2.54. The van der Waals surface area contributed by atoms with Crippen molar-refractivity contribution in [3.05, 3.63) is 23.8 Å². The molecule has 1 aromatic carbocycles. The number of methoxy groups -OCH3 is 2. The summed E-state index contributed by atoms with van der Waals surface area (Å²) in [6.45, 7) is 3.55. The minimum atomic E-state index is -1.01. The van der Waals surface area contributed by atoms with Crippen LogP contribution in [0, 0.1) is 5.92 Å². The number of nitrogens with two attached hydrogens (primary N) is 1. The molecule has 1 aliphatic rings. The van der Waals surface area contributed by atoms with Gasteiger partial charge in [-0.25, -0.2) is 4.79 Å². The second-order valence-corrected chi connectivity index (χ2v) is 6.48. The molecular weight excluding hydrogens is 325 g/mol. The van der Waals surface area contributed by atoms with Crippen molar-refractivity contribution in [2.75, 3.05) is 21.0 Å². The van der Waals surface area contributed by atoms with Crippen molar-refractivity contribution in [3.8, 4) is 11.5 Å². The molecule has 3 atom stereocenters. The maximum atomic E-state index is 11.8. The Balaban J connectivity index is 2.50. The molecule has 0 aromatic heterocycles. The second-order valence-electron chi connectivity index (χ2n) is 6.48. The van der Waals surface area contributed by atoms with E-state index in [0.29, 0.717) is 23.5 Å². The van der Waals surface area contributed by atoms with Crippen molar-refractivity contribution in [1.82, 2.24) is 0 Å². The Bertz CT molecular complexity index is 574. The number of aliphatic carboxylic acids is 1. The van der Waals surface area contributed by atoms with Crippen LogP contribution in [0.25, 0.3) is 0 Å². The lowest BCUT2D eigenvalue weighted by Gasteiger charge is -2.23. The van der Waals surface area contributed by atoms with E-state index in [1.807, 2.05) is 13.8 Å². The molecule has 25 heavy (non-hydrogen) atoms. The van der Waals surface area contributed by atoms with E-state index in [-0.39, 0.29) is 18.5 Å². The summed E-state index contributed by atoms with van der Waals surface area (Å²) in [5.41, 5.74) is 6.26. The van der Waals surface area contributed by atoms with Gasteiger partial charge in [-0.1, -0.05) is 19.9 Å². The number of hydrogen-bond acceptors (Lipinski definition) is 6. The SMILES string of the molecule is COc1cccc(OC)c1C1O[C@@H](C(=O)O)C(CC(C)C)B1OCN. The van der Waals surface area contributed by atoms with Gasteiger partial charge in [-0.2, -0.15) is 0 Å². The van der Waals surface area contributed by atoms with Crippen LogP contribution in [0.5, 0.6) is 11.5 Å². The minimum Gasteiger partial charge on any atom is -0.496 e. The Hall–Kier alpha value is -1.77. The van der Waals surface area contributed by atoms with Gasteiger partial charge in [0.05, 0.1) is 32.5 Å². The van der Waals surface area contributed by atoms with Crippen molar-refractivity contribution in [3.63, 3.8) is 0 Å². The van der Waals surface area contributed by atoms with Crippen LogP contribution in [0.1, 0.15) is 31.8 Å². The number of ether oxygens (including phenoxy) is 3. The molecule has 2 unspecified atom stereocenters. The molecule has 1 heterocycles. The second kappa shape index (κ2) is 8.55. The Morgan fingerprint density at radius 3 is 2.36 bits per heavy atom. The number of carboxylic acid groups (broad SMARTS) is 1. The molecule has 1 fully saturated rings. The van der Waals surface area contributed by atoms with Gasteiger partial charge in [0.1, 0.15) is 11.5 Å². The topological polar surface area (TPSA) is 100 Å². The Morgan fingerprint density at radius 2 is 1.92 bits per heavy atom. The van der Waals surface area contributed by atoms with Gasteiger partial charge < -0.3 is 29.7 Å². The van der Waals surface area contributed by atoms with E-state index in [1.54, 1.807) is 32.4 Å². The molecule has 1 aromatic rings. The van der Waals surface area contributed by atoms with E-state index in [4.69, 9.17) is 24.6 Å². The molecule has 0 radical (unpaired) electrons. The van der Waals surface area contributed by atoms with E-state index in [1.165, 1.54) is 0 Å². The average molecular weight is 351 g/mol. The summed E-state index contributed by atoms with van der Waals surface area (Å²) in [7, 11) is 3.10. The first kappa shape index (κ1) is 19.6. The lowest BCUT2D eigenvalue weighted by atomic mass is 9.49. The first-order valence-electron chi connectivity index (χ1n) is 8.35. The minimum absolute atomic E-state index is 0.0249. The van der Waals surface area contributed by atoms with Crippen molar-refractivity contribution in [1.29, 1.82) is 0 Å². The molecule has 1 aliphatic heterocycles. The van der Waals surface area contributed by atoms with Gasteiger partial charge in [0.25, 0.3) is 0 Å². The van der Waals surface area contributed by atoms with E-state index in [9.17, 15) is 9.90 Å². The normalized spacial score (nSPS) is 23.1. The number of benzene rings is 1. The molecule has 8 heteroatoms. The average Bonchev–Trinajstić information content (AvgIpc) is 2.92. The highest BCUT2D eigenvalue weighted by atomic mass is 16.6. The van der Waals surface area contributed by atoms with E-state index >= 15 is 0 Å². The summed E-state index contributed by atoms with van der Waals surface area (Å²) < 4.78 is 22.6. The van der Waals surface area contributed by atoms with Crippen LogP contribution in [0.15, 0.2) is 18.2 Å². The number of carbonyl (C=O) groups is 1. The largest absolute Gasteiger partial charge is 0.496 e. The van der Waals surface area contributed by atoms with Crippen LogP contribution in [0.3, 0.4) is 0 Å². The molecule has 0 aliphatic carbocycles. The predicted molar refractivity (Wildman–Crippen MR) is 93.9 cm³/mol. The van der Waals surface area contributed by atoms with Gasteiger partial charge in [0, 0.05) is 5.82 Å². The summed E-state index contributed by atoms with van der Waals surface area (Å²) in [6.07, 6.45) is -0.325. The van der Waals surface area contributed by atoms with E-state index < -0.39 is 25.0 Å². The van der Waals surface area contributed by atoms with Crippen molar-refractivity contribution < 1.29 is 28.8 Å². The van der Waals surface area contributed by atoms with Crippen LogP contribution in [-0.2, 0) is 14.2 Å². The molecule has 0 bridgehead atoms. The van der Waals surface area contributed by atoms with Crippen LogP contribution in [0.2, 0.25) is 5.82 Å². The zero-order valence-corrected chi connectivity index (χ0v) is 15.1.